The van der Waals surface area contributed by atoms with E-state index in [9.17, 15) is 4.79 Å². The maximum Gasteiger partial charge on any atom is 0.271 e. The van der Waals surface area contributed by atoms with Crippen LogP contribution in [0.25, 0.3) is 5.57 Å². The molecule has 2 aliphatic rings. The van der Waals surface area contributed by atoms with Gasteiger partial charge in [0, 0.05) is 36.1 Å². The smallest absolute Gasteiger partial charge is 0.271 e. The molecule has 160 valence electrons. The Balaban J connectivity index is 1.70. The van der Waals surface area contributed by atoms with Gasteiger partial charge in [0.2, 0.25) is 0 Å². The highest BCUT2D eigenvalue weighted by molar-refractivity contribution is 6.26. The number of halogens is 1. The number of carbonyl (C=O) groups excluding carboxylic acids is 1. The van der Waals surface area contributed by atoms with Crippen molar-refractivity contribution in [3.8, 4) is 0 Å². The van der Waals surface area contributed by atoms with E-state index in [1.165, 1.54) is 0 Å². The molecule has 1 aromatic heterocycles. The van der Waals surface area contributed by atoms with Crippen LogP contribution in [0.15, 0.2) is 47.7 Å². The lowest BCUT2D eigenvalue weighted by molar-refractivity contribution is -0.126. The van der Waals surface area contributed by atoms with Crippen molar-refractivity contribution in [2.75, 3.05) is 13.1 Å². The summed E-state index contributed by atoms with van der Waals surface area (Å²) in [7, 11) is 0. The molecule has 0 radical (unpaired) electrons. The SMILES string of the molecule is C=C(N/N=C(\C)C(C)C)C(=O)N1CCC(c2cc(C3=CC=CCC3Cl)cc(C)n2)C1. The summed E-state index contributed by atoms with van der Waals surface area (Å²) in [4.78, 5) is 19.4. The molecule has 0 bridgehead atoms. The van der Waals surface area contributed by atoms with E-state index < -0.39 is 0 Å². The molecule has 30 heavy (non-hydrogen) atoms. The number of nitrogens with one attached hydrogen (secondary N) is 1. The van der Waals surface area contributed by atoms with Crippen LogP contribution < -0.4 is 5.43 Å². The first-order valence-electron chi connectivity index (χ1n) is 10.5. The van der Waals surface area contributed by atoms with Crippen LogP contribution in [-0.4, -0.2) is 40.0 Å². The second-order valence-electron chi connectivity index (χ2n) is 8.41. The molecule has 1 fully saturated rings. The largest absolute Gasteiger partial charge is 0.337 e. The first-order valence-corrected chi connectivity index (χ1v) is 11.0. The Labute approximate surface area is 184 Å². The fourth-order valence-electron chi connectivity index (χ4n) is 3.66. The van der Waals surface area contributed by atoms with E-state index in [0.717, 1.165) is 41.1 Å². The number of rotatable bonds is 6. The van der Waals surface area contributed by atoms with Gasteiger partial charge in [-0.05, 0) is 55.9 Å². The monoisotopic (exact) mass is 426 g/mol. The number of allylic oxidation sites excluding steroid dienone is 4. The molecular formula is C24H31ClN4O. The number of pyridine rings is 1. The average Bonchev–Trinajstić information content (AvgIpc) is 3.21. The fraction of sp³-hybridized carbons (Fsp3) is 0.458. The van der Waals surface area contributed by atoms with Gasteiger partial charge in [0.15, 0.2) is 0 Å². The Kier molecular flexibility index (Phi) is 7.14. The summed E-state index contributed by atoms with van der Waals surface area (Å²) in [5.41, 5.74) is 8.30. The van der Waals surface area contributed by atoms with Gasteiger partial charge in [0.05, 0.1) is 5.38 Å². The quantitative estimate of drug-likeness (QED) is 0.308. The Morgan fingerprint density at radius 1 is 1.40 bits per heavy atom. The molecule has 0 spiro atoms. The van der Waals surface area contributed by atoms with Gasteiger partial charge in [-0.1, -0.05) is 38.7 Å². The van der Waals surface area contributed by atoms with Crippen molar-refractivity contribution in [1.82, 2.24) is 15.3 Å². The summed E-state index contributed by atoms with van der Waals surface area (Å²) < 4.78 is 0. The van der Waals surface area contributed by atoms with Gasteiger partial charge >= 0.3 is 0 Å². The van der Waals surface area contributed by atoms with E-state index >= 15 is 0 Å². The number of aryl methyl sites for hydroxylation is 1. The van der Waals surface area contributed by atoms with Gasteiger partial charge in [-0.2, -0.15) is 5.10 Å². The molecule has 1 aliphatic heterocycles. The first-order chi connectivity index (χ1) is 14.3. The van der Waals surface area contributed by atoms with Crippen LogP contribution in [0.2, 0.25) is 0 Å². The molecule has 1 aromatic rings. The fourth-order valence-corrected chi connectivity index (χ4v) is 3.96. The summed E-state index contributed by atoms with van der Waals surface area (Å²) in [5.74, 6) is 0.418. The second kappa shape index (κ2) is 9.61. The second-order valence-corrected chi connectivity index (χ2v) is 8.94. The lowest BCUT2D eigenvalue weighted by atomic mass is 9.94. The highest BCUT2D eigenvalue weighted by Gasteiger charge is 2.30. The standard InChI is InChI=1S/C24H31ClN4O/c1-15(2)17(4)27-28-18(5)24(30)29-11-10-19(14-29)23-13-20(12-16(3)26-23)21-8-6-7-9-22(21)25/h6-8,12-13,15,19,22,28H,5,9-11,14H2,1-4H3/b27-17+. The molecule has 0 saturated carbocycles. The highest BCUT2D eigenvalue weighted by Crippen LogP contribution is 2.32. The van der Waals surface area contributed by atoms with Crippen LogP contribution in [0.3, 0.4) is 0 Å². The van der Waals surface area contributed by atoms with Crippen LogP contribution in [0, 0.1) is 12.8 Å². The number of hydrogen-bond acceptors (Lipinski definition) is 4. The zero-order valence-electron chi connectivity index (χ0n) is 18.3. The van der Waals surface area contributed by atoms with Crippen molar-refractivity contribution in [1.29, 1.82) is 0 Å². The molecule has 1 aliphatic carbocycles. The molecular weight excluding hydrogens is 396 g/mol. The zero-order valence-corrected chi connectivity index (χ0v) is 19.0. The summed E-state index contributed by atoms with van der Waals surface area (Å²) in [6.07, 6.45) is 7.95. The molecule has 0 aromatic carbocycles. The molecule has 3 rings (SSSR count). The third-order valence-corrected chi connectivity index (χ3v) is 6.17. The normalized spacial score (nSPS) is 21.7. The lowest BCUT2D eigenvalue weighted by Gasteiger charge is -2.20. The van der Waals surface area contributed by atoms with Crippen molar-refractivity contribution in [2.45, 2.75) is 51.8 Å². The number of carbonyl (C=O) groups is 1. The van der Waals surface area contributed by atoms with Gasteiger partial charge < -0.3 is 4.90 Å². The molecule has 1 amide bonds. The van der Waals surface area contributed by atoms with Crippen LogP contribution >= 0.6 is 11.6 Å². The molecule has 2 unspecified atom stereocenters. The van der Waals surface area contributed by atoms with Gasteiger partial charge in [0.25, 0.3) is 5.91 Å². The van der Waals surface area contributed by atoms with E-state index in [0.29, 0.717) is 24.7 Å². The van der Waals surface area contributed by atoms with Gasteiger partial charge in [-0.15, -0.1) is 11.6 Å². The minimum absolute atomic E-state index is 0.0180. The van der Waals surface area contributed by atoms with Crippen molar-refractivity contribution in [3.63, 3.8) is 0 Å². The maximum absolute atomic E-state index is 12.8. The predicted octanol–water partition coefficient (Wildman–Crippen LogP) is 4.79. The van der Waals surface area contributed by atoms with Crippen LogP contribution in [0.4, 0.5) is 0 Å². The Hall–Kier alpha value is -2.40. The number of amides is 1. The van der Waals surface area contributed by atoms with E-state index in [1.54, 1.807) is 0 Å². The van der Waals surface area contributed by atoms with Crippen LogP contribution in [-0.2, 0) is 4.79 Å². The van der Waals surface area contributed by atoms with Gasteiger partial charge in [0.1, 0.15) is 5.70 Å². The third kappa shape index (κ3) is 5.20. The minimum Gasteiger partial charge on any atom is -0.337 e. The molecule has 1 N–H and O–H groups in total. The Morgan fingerprint density at radius 3 is 2.87 bits per heavy atom. The highest BCUT2D eigenvalue weighted by atomic mass is 35.5. The van der Waals surface area contributed by atoms with E-state index in [1.807, 2.05) is 18.7 Å². The lowest BCUT2D eigenvalue weighted by Crippen LogP contribution is -2.33. The van der Waals surface area contributed by atoms with Crippen molar-refractivity contribution in [3.05, 3.63) is 59.6 Å². The zero-order chi connectivity index (χ0) is 21.8. The number of alkyl halides is 1. The minimum atomic E-state index is -0.105. The topological polar surface area (TPSA) is 57.6 Å². The summed E-state index contributed by atoms with van der Waals surface area (Å²) in [5, 5.41) is 4.24. The Morgan fingerprint density at radius 2 is 2.17 bits per heavy atom. The molecule has 2 heterocycles. The molecule has 6 heteroatoms. The number of hydrazone groups is 1. The third-order valence-electron chi connectivity index (χ3n) is 5.75. The van der Waals surface area contributed by atoms with Crippen molar-refractivity contribution in [2.24, 2.45) is 11.0 Å². The number of likely N-dealkylation sites (tertiary alicyclic amines) is 1. The summed E-state index contributed by atoms with van der Waals surface area (Å²) in [6, 6.07) is 4.22. The number of hydrogen-bond donors (Lipinski definition) is 1. The maximum atomic E-state index is 12.8. The number of aromatic nitrogens is 1. The van der Waals surface area contributed by atoms with E-state index in [4.69, 9.17) is 16.6 Å². The number of nitrogens with zero attached hydrogens (tertiary/aromatic N) is 3. The van der Waals surface area contributed by atoms with Gasteiger partial charge in [-0.25, -0.2) is 0 Å². The Bertz CT molecular complexity index is 916. The molecule has 2 atom stereocenters. The average molecular weight is 427 g/mol. The molecule has 1 saturated heterocycles. The first kappa shape index (κ1) is 22.3. The van der Waals surface area contributed by atoms with Gasteiger partial charge in [-0.3, -0.25) is 15.2 Å². The predicted molar refractivity (Wildman–Crippen MR) is 125 cm³/mol. The summed E-state index contributed by atoms with van der Waals surface area (Å²) in [6.45, 7) is 13.3. The van der Waals surface area contributed by atoms with Crippen LogP contribution in [0.1, 0.15) is 56.5 Å². The van der Waals surface area contributed by atoms with E-state index in [-0.39, 0.29) is 17.2 Å². The van der Waals surface area contributed by atoms with Crippen molar-refractivity contribution >= 4 is 28.8 Å². The summed E-state index contributed by atoms with van der Waals surface area (Å²) >= 11 is 6.53. The van der Waals surface area contributed by atoms with Crippen molar-refractivity contribution < 1.29 is 4.79 Å². The van der Waals surface area contributed by atoms with E-state index in [2.05, 4.69) is 61.3 Å². The molecule has 5 nitrogen and oxygen atoms in total. The van der Waals surface area contributed by atoms with Crippen LogP contribution in [0.5, 0.6) is 0 Å².